The SMILES string of the molecule is COc1ccc(C(Br)c2ccc(Cl)c(Br)c2)c(F)c1. The molecule has 2 aromatic carbocycles. The van der Waals surface area contributed by atoms with Crippen LogP contribution in [0.5, 0.6) is 5.75 Å². The number of benzene rings is 2. The number of halogens is 4. The molecule has 1 atom stereocenters. The van der Waals surface area contributed by atoms with E-state index in [0.29, 0.717) is 16.3 Å². The molecule has 0 saturated heterocycles. The molecule has 0 aliphatic carbocycles. The van der Waals surface area contributed by atoms with Gasteiger partial charge in [-0.25, -0.2) is 4.39 Å². The van der Waals surface area contributed by atoms with E-state index in [1.807, 2.05) is 12.1 Å². The summed E-state index contributed by atoms with van der Waals surface area (Å²) in [6, 6.07) is 10.3. The second-order valence-electron chi connectivity index (χ2n) is 3.92. The number of ether oxygens (including phenoxy) is 1. The zero-order chi connectivity index (χ0) is 14.0. The molecule has 0 fully saturated rings. The van der Waals surface area contributed by atoms with Crippen molar-refractivity contribution in [3.8, 4) is 5.75 Å². The second kappa shape index (κ2) is 6.25. The van der Waals surface area contributed by atoms with Gasteiger partial charge in [0.1, 0.15) is 11.6 Å². The summed E-state index contributed by atoms with van der Waals surface area (Å²) in [4.78, 5) is -0.244. The maximum absolute atomic E-state index is 14.0. The number of rotatable bonds is 3. The van der Waals surface area contributed by atoms with E-state index >= 15 is 0 Å². The van der Waals surface area contributed by atoms with E-state index in [4.69, 9.17) is 16.3 Å². The molecule has 0 heterocycles. The van der Waals surface area contributed by atoms with Crippen molar-refractivity contribution in [2.45, 2.75) is 4.83 Å². The summed E-state index contributed by atoms with van der Waals surface area (Å²) < 4.78 is 19.8. The van der Waals surface area contributed by atoms with Crippen molar-refractivity contribution in [2.24, 2.45) is 0 Å². The second-order valence-corrected chi connectivity index (χ2v) is 6.10. The summed E-state index contributed by atoms with van der Waals surface area (Å²) in [6.45, 7) is 0. The highest BCUT2D eigenvalue weighted by molar-refractivity contribution is 9.10. The molecule has 0 amide bonds. The van der Waals surface area contributed by atoms with Gasteiger partial charge < -0.3 is 4.74 Å². The van der Waals surface area contributed by atoms with Crippen molar-refractivity contribution in [1.29, 1.82) is 0 Å². The average Bonchev–Trinajstić information content (AvgIpc) is 2.41. The lowest BCUT2D eigenvalue weighted by Gasteiger charge is -2.13. The molecule has 100 valence electrons. The van der Waals surface area contributed by atoms with E-state index in [1.165, 1.54) is 13.2 Å². The summed E-state index contributed by atoms with van der Waals surface area (Å²) in [7, 11) is 1.51. The van der Waals surface area contributed by atoms with Crippen LogP contribution < -0.4 is 4.74 Å². The van der Waals surface area contributed by atoms with Gasteiger partial charge in [0.25, 0.3) is 0 Å². The van der Waals surface area contributed by atoms with Crippen molar-refractivity contribution in [2.75, 3.05) is 7.11 Å². The number of hydrogen-bond donors (Lipinski definition) is 0. The molecule has 0 N–H and O–H groups in total. The molecule has 0 saturated carbocycles. The van der Waals surface area contributed by atoms with Crippen LogP contribution in [0.25, 0.3) is 0 Å². The Morgan fingerprint density at radius 3 is 2.53 bits per heavy atom. The Morgan fingerprint density at radius 2 is 1.95 bits per heavy atom. The zero-order valence-electron chi connectivity index (χ0n) is 9.96. The molecule has 5 heteroatoms. The lowest BCUT2D eigenvalue weighted by molar-refractivity contribution is 0.411. The van der Waals surface area contributed by atoms with Gasteiger partial charge in [-0.05, 0) is 39.7 Å². The maximum Gasteiger partial charge on any atom is 0.131 e. The lowest BCUT2D eigenvalue weighted by atomic mass is 10.0. The first kappa shape index (κ1) is 14.8. The van der Waals surface area contributed by atoms with E-state index < -0.39 is 0 Å². The van der Waals surface area contributed by atoms with Crippen LogP contribution in [0.1, 0.15) is 16.0 Å². The smallest absolute Gasteiger partial charge is 0.131 e. The van der Waals surface area contributed by atoms with Crippen LogP contribution in [-0.2, 0) is 0 Å². The highest BCUT2D eigenvalue weighted by Crippen LogP contribution is 2.36. The first-order valence-corrected chi connectivity index (χ1v) is 7.54. The van der Waals surface area contributed by atoms with E-state index in [1.54, 1.807) is 18.2 Å². The van der Waals surface area contributed by atoms with Gasteiger partial charge in [0.15, 0.2) is 0 Å². The molecule has 1 nitrogen and oxygen atoms in total. The number of alkyl halides is 1. The van der Waals surface area contributed by atoms with Gasteiger partial charge in [-0.2, -0.15) is 0 Å². The fourth-order valence-corrected chi connectivity index (χ4v) is 2.86. The topological polar surface area (TPSA) is 9.23 Å². The van der Waals surface area contributed by atoms with Crippen molar-refractivity contribution in [3.63, 3.8) is 0 Å². The van der Waals surface area contributed by atoms with Crippen LogP contribution in [0.3, 0.4) is 0 Å². The molecule has 0 bridgehead atoms. The van der Waals surface area contributed by atoms with Crippen molar-refractivity contribution < 1.29 is 9.13 Å². The van der Waals surface area contributed by atoms with Crippen LogP contribution in [0.4, 0.5) is 4.39 Å². The highest BCUT2D eigenvalue weighted by atomic mass is 79.9. The Morgan fingerprint density at radius 1 is 1.21 bits per heavy atom. The summed E-state index contributed by atoms with van der Waals surface area (Å²) in [5, 5.41) is 0.624. The van der Waals surface area contributed by atoms with Crippen LogP contribution in [0.15, 0.2) is 40.9 Å². The lowest BCUT2D eigenvalue weighted by Crippen LogP contribution is -1.97. The summed E-state index contributed by atoms with van der Waals surface area (Å²) >= 11 is 12.8. The maximum atomic E-state index is 14.0. The molecular formula is C14H10Br2ClFO. The van der Waals surface area contributed by atoms with Crippen LogP contribution in [-0.4, -0.2) is 7.11 Å². The molecular weight excluding hydrogens is 398 g/mol. The fraction of sp³-hybridized carbons (Fsp3) is 0.143. The summed E-state index contributed by atoms with van der Waals surface area (Å²) in [5.41, 5.74) is 1.47. The van der Waals surface area contributed by atoms with Crippen LogP contribution in [0.2, 0.25) is 5.02 Å². The van der Waals surface area contributed by atoms with Crippen molar-refractivity contribution in [1.82, 2.24) is 0 Å². The standard InChI is InChI=1S/C14H10Br2ClFO/c1-19-9-3-4-10(13(18)7-9)14(16)8-2-5-12(17)11(15)6-8/h2-7,14H,1H3. The van der Waals surface area contributed by atoms with Gasteiger partial charge in [0, 0.05) is 16.1 Å². The third kappa shape index (κ3) is 3.30. The Hall–Kier alpha value is -0.580. The molecule has 0 aliphatic rings. The van der Waals surface area contributed by atoms with Crippen LogP contribution >= 0.6 is 43.5 Å². The molecule has 0 aliphatic heterocycles. The Labute approximate surface area is 133 Å². The quantitative estimate of drug-likeness (QED) is 0.589. The van der Waals surface area contributed by atoms with E-state index in [0.717, 1.165) is 10.0 Å². The predicted molar refractivity (Wildman–Crippen MR) is 82.9 cm³/mol. The molecule has 1 unspecified atom stereocenters. The number of methoxy groups -OCH3 is 1. The summed E-state index contributed by atoms with van der Waals surface area (Å²) in [6.07, 6.45) is 0. The minimum absolute atomic E-state index is 0.244. The molecule has 0 spiro atoms. The van der Waals surface area contributed by atoms with Crippen LogP contribution in [0, 0.1) is 5.82 Å². The van der Waals surface area contributed by atoms with Gasteiger partial charge in [-0.1, -0.05) is 39.7 Å². The summed E-state index contributed by atoms with van der Waals surface area (Å²) in [5.74, 6) is 0.186. The van der Waals surface area contributed by atoms with Gasteiger partial charge in [0.2, 0.25) is 0 Å². The molecule has 19 heavy (non-hydrogen) atoms. The average molecular weight is 408 g/mol. The Kier molecular flexibility index (Phi) is 4.87. The minimum Gasteiger partial charge on any atom is -0.497 e. The van der Waals surface area contributed by atoms with E-state index in [2.05, 4.69) is 31.9 Å². The van der Waals surface area contributed by atoms with Crippen molar-refractivity contribution in [3.05, 3.63) is 62.8 Å². The van der Waals surface area contributed by atoms with Crippen molar-refractivity contribution >= 4 is 43.5 Å². The molecule has 2 aromatic rings. The third-order valence-electron chi connectivity index (χ3n) is 2.72. The largest absolute Gasteiger partial charge is 0.497 e. The van der Waals surface area contributed by atoms with Gasteiger partial charge in [0.05, 0.1) is 17.0 Å². The van der Waals surface area contributed by atoms with Gasteiger partial charge in [-0.15, -0.1) is 0 Å². The normalized spacial score (nSPS) is 12.3. The molecule has 0 radical (unpaired) electrons. The Balaban J connectivity index is 2.38. The highest BCUT2D eigenvalue weighted by Gasteiger charge is 2.16. The molecule has 2 rings (SSSR count). The monoisotopic (exact) mass is 406 g/mol. The fourth-order valence-electron chi connectivity index (χ4n) is 1.69. The predicted octanol–water partition coefficient (Wildman–Crippen LogP) is 5.73. The minimum atomic E-state index is -0.313. The van der Waals surface area contributed by atoms with E-state index in [9.17, 15) is 4.39 Å². The Bertz CT molecular complexity index is 604. The van der Waals surface area contributed by atoms with E-state index in [-0.39, 0.29) is 10.6 Å². The molecule has 0 aromatic heterocycles. The van der Waals surface area contributed by atoms with Gasteiger partial charge >= 0.3 is 0 Å². The first-order chi connectivity index (χ1) is 9.02. The number of hydrogen-bond acceptors (Lipinski definition) is 1. The third-order valence-corrected chi connectivity index (χ3v) is 4.95. The zero-order valence-corrected chi connectivity index (χ0v) is 13.9. The van der Waals surface area contributed by atoms with Gasteiger partial charge in [-0.3, -0.25) is 0 Å². The first-order valence-electron chi connectivity index (χ1n) is 5.45.